The molecule has 0 bridgehead atoms. The fraction of sp³-hybridized carbons (Fsp3) is 0.625. The Morgan fingerprint density at radius 3 is 2.92 bits per heavy atom. The van der Waals surface area contributed by atoms with Gasteiger partial charge in [0, 0.05) is 26.3 Å². The molecule has 0 saturated carbocycles. The Bertz CT molecular complexity index is 695. The van der Waals surface area contributed by atoms with E-state index in [4.69, 9.17) is 4.74 Å². The van der Waals surface area contributed by atoms with Crippen LogP contribution in [0.4, 0.5) is 0 Å². The first-order valence-corrected chi connectivity index (χ1v) is 9.95. The molecule has 8 heteroatoms. The molecule has 0 radical (unpaired) electrons. The number of likely N-dealkylation sites (N-methyl/N-ethyl adjacent to an activating group) is 1. The molecular formula is C16H23N3O4S. The zero-order valence-electron chi connectivity index (χ0n) is 14.0. The molecule has 2 aliphatic rings. The fourth-order valence-electron chi connectivity index (χ4n) is 3.42. The first-order valence-electron chi connectivity index (χ1n) is 8.10. The van der Waals surface area contributed by atoms with Crippen molar-refractivity contribution >= 4 is 15.9 Å². The quantitative estimate of drug-likeness (QED) is 0.787. The van der Waals surface area contributed by atoms with Crippen molar-refractivity contribution in [3.05, 3.63) is 30.1 Å². The Morgan fingerprint density at radius 1 is 1.46 bits per heavy atom. The third-order valence-electron chi connectivity index (χ3n) is 4.76. The predicted octanol–water partition coefficient (Wildman–Crippen LogP) is 0.479. The molecule has 7 nitrogen and oxygen atoms in total. The van der Waals surface area contributed by atoms with E-state index in [0.29, 0.717) is 26.1 Å². The van der Waals surface area contributed by atoms with E-state index < -0.39 is 16.1 Å². The van der Waals surface area contributed by atoms with Crippen molar-refractivity contribution in [2.75, 3.05) is 26.4 Å². The molecule has 1 aromatic rings. The SMILES string of the molecule is CN(Cc1ccccn1)C(=O)[C@@H]1C[C@H]2CCN(S(C)(=O)=O)C[C@H]2O1. The van der Waals surface area contributed by atoms with Crippen LogP contribution in [0.2, 0.25) is 0 Å². The standard InChI is InChI=1S/C16H23N3O4S/c1-18(10-13-5-3-4-7-17-13)16(20)14-9-12-6-8-19(24(2,21)22)11-15(12)23-14/h3-5,7,12,14-15H,6,8-11H2,1-2H3/t12-,14+,15-/m1/s1. The van der Waals surface area contributed by atoms with Crippen molar-refractivity contribution in [1.82, 2.24) is 14.2 Å². The van der Waals surface area contributed by atoms with E-state index in [0.717, 1.165) is 12.1 Å². The van der Waals surface area contributed by atoms with Gasteiger partial charge in [-0.2, -0.15) is 4.31 Å². The van der Waals surface area contributed by atoms with Crippen LogP contribution in [0.1, 0.15) is 18.5 Å². The highest BCUT2D eigenvalue weighted by molar-refractivity contribution is 7.88. The highest BCUT2D eigenvalue weighted by atomic mass is 32.2. The van der Waals surface area contributed by atoms with E-state index in [1.165, 1.54) is 10.6 Å². The van der Waals surface area contributed by atoms with Crippen LogP contribution in [0.5, 0.6) is 0 Å². The average Bonchev–Trinajstić information content (AvgIpc) is 2.97. The largest absolute Gasteiger partial charge is 0.363 e. The fourth-order valence-corrected chi connectivity index (χ4v) is 4.28. The Hall–Kier alpha value is -1.51. The number of piperidine rings is 1. The maximum atomic E-state index is 12.6. The number of carbonyl (C=O) groups is 1. The van der Waals surface area contributed by atoms with Gasteiger partial charge >= 0.3 is 0 Å². The van der Waals surface area contributed by atoms with Crippen LogP contribution in [0.15, 0.2) is 24.4 Å². The maximum Gasteiger partial charge on any atom is 0.251 e. The van der Waals surface area contributed by atoms with Gasteiger partial charge in [0.2, 0.25) is 10.0 Å². The van der Waals surface area contributed by atoms with E-state index in [1.54, 1.807) is 18.1 Å². The molecule has 0 N–H and O–H groups in total. The normalized spacial score (nSPS) is 27.7. The Morgan fingerprint density at radius 2 is 2.25 bits per heavy atom. The van der Waals surface area contributed by atoms with Gasteiger partial charge in [-0.25, -0.2) is 8.42 Å². The molecule has 3 heterocycles. The van der Waals surface area contributed by atoms with Crippen molar-refractivity contribution < 1.29 is 17.9 Å². The van der Waals surface area contributed by atoms with Gasteiger partial charge in [-0.15, -0.1) is 0 Å². The number of sulfonamides is 1. The number of hydrogen-bond acceptors (Lipinski definition) is 5. The molecule has 3 rings (SSSR count). The lowest BCUT2D eigenvalue weighted by molar-refractivity contribution is -0.142. The number of aromatic nitrogens is 1. The van der Waals surface area contributed by atoms with Crippen LogP contribution in [0.25, 0.3) is 0 Å². The summed E-state index contributed by atoms with van der Waals surface area (Å²) in [5.74, 6) is 0.182. The van der Waals surface area contributed by atoms with Gasteiger partial charge < -0.3 is 9.64 Å². The van der Waals surface area contributed by atoms with Gasteiger partial charge in [0.1, 0.15) is 6.10 Å². The number of pyridine rings is 1. The second-order valence-corrected chi connectivity index (χ2v) is 8.57. The van der Waals surface area contributed by atoms with E-state index in [2.05, 4.69) is 4.98 Å². The maximum absolute atomic E-state index is 12.6. The smallest absolute Gasteiger partial charge is 0.251 e. The highest BCUT2D eigenvalue weighted by Crippen LogP contribution is 2.34. The van der Waals surface area contributed by atoms with Crippen LogP contribution in [-0.4, -0.2) is 67.1 Å². The zero-order chi connectivity index (χ0) is 17.3. The van der Waals surface area contributed by atoms with Crippen molar-refractivity contribution in [3.8, 4) is 0 Å². The number of nitrogens with zero attached hydrogens (tertiary/aromatic N) is 3. The average molecular weight is 353 g/mol. The number of ether oxygens (including phenoxy) is 1. The summed E-state index contributed by atoms with van der Waals surface area (Å²) in [6.45, 7) is 1.29. The molecular weight excluding hydrogens is 330 g/mol. The Kier molecular flexibility index (Phi) is 4.89. The number of hydrogen-bond donors (Lipinski definition) is 0. The summed E-state index contributed by atoms with van der Waals surface area (Å²) in [5.41, 5.74) is 0.826. The summed E-state index contributed by atoms with van der Waals surface area (Å²) in [4.78, 5) is 18.5. The van der Waals surface area contributed by atoms with Gasteiger partial charge in [0.25, 0.3) is 5.91 Å². The molecule has 0 unspecified atom stereocenters. The van der Waals surface area contributed by atoms with Crippen LogP contribution < -0.4 is 0 Å². The Labute approximate surface area is 142 Å². The molecule has 1 aromatic heterocycles. The summed E-state index contributed by atoms with van der Waals surface area (Å²) in [5, 5.41) is 0. The summed E-state index contributed by atoms with van der Waals surface area (Å²) in [6.07, 6.45) is 3.64. The Balaban J connectivity index is 1.60. The van der Waals surface area contributed by atoms with E-state index in [-0.39, 0.29) is 17.9 Å². The summed E-state index contributed by atoms with van der Waals surface area (Å²) < 4.78 is 30.7. The minimum atomic E-state index is -3.21. The molecule has 2 fully saturated rings. The van der Waals surface area contributed by atoms with Gasteiger partial charge in [0.15, 0.2) is 0 Å². The lowest BCUT2D eigenvalue weighted by Gasteiger charge is -2.32. The van der Waals surface area contributed by atoms with Crippen molar-refractivity contribution in [3.63, 3.8) is 0 Å². The van der Waals surface area contributed by atoms with E-state index in [1.807, 2.05) is 18.2 Å². The third kappa shape index (κ3) is 3.76. The monoisotopic (exact) mass is 353 g/mol. The van der Waals surface area contributed by atoms with E-state index >= 15 is 0 Å². The van der Waals surface area contributed by atoms with Crippen LogP contribution >= 0.6 is 0 Å². The topological polar surface area (TPSA) is 79.8 Å². The summed E-state index contributed by atoms with van der Waals surface area (Å²) >= 11 is 0. The van der Waals surface area contributed by atoms with Crippen LogP contribution in [0.3, 0.4) is 0 Å². The van der Waals surface area contributed by atoms with Crippen molar-refractivity contribution in [2.45, 2.75) is 31.6 Å². The molecule has 132 valence electrons. The lowest BCUT2D eigenvalue weighted by atomic mass is 9.92. The van der Waals surface area contributed by atoms with Crippen molar-refractivity contribution in [1.29, 1.82) is 0 Å². The zero-order valence-corrected chi connectivity index (χ0v) is 14.8. The summed E-state index contributed by atoms with van der Waals surface area (Å²) in [7, 11) is -1.47. The first-order chi connectivity index (χ1) is 11.3. The predicted molar refractivity (Wildman–Crippen MR) is 88.5 cm³/mol. The molecule has 24 heavy (non-hydrogen) atoms. The van der Waals surface area contributed by atoms with Gasteiger partial charge in [-0.1, -0.05) is 6.07 Å². The molecule has 0 aliphatic carbocycles. The number of rotatable bonds is 4. The molecule has 1 amide bonds. The van der Waals surface area contributed by atoms with Crippen LogP contribution in [-0.2, 0) is 26.1 Å². The summed E-state index contributed by atoms with van der Waals surface area (Å²) in [6, 6.07) is 5.60. The second-order valence-electron chi connectivity index (χ2n) is 6.58. The molecule has 0 aromatic carbocycles. The van der Waals surface area contributed by atoms with Crippen molar-refractivity contribution in [2.24, 2.45) is 5.92 Å². The minimum Gasteiger partial charge on any atom is -0.363 e. The highest BCUT2D eigenvalue weighted by Gasteiger charge is 2.44. The number of carbonyl (C=O) groups excluding carboxylic acids is 1. The van der Waals surface area contributed by atoms with Crippen LogP contribution in [0, 0.1) is 5.92 Å². The van der Waals surface area contributed by atoms with Gasteiger partial charge in [0.05, 0.1) is 24.6 Å². The molecule has 0 spiro atoms. The molecule has 2 aliphatic heterocycles. The third-order valence-corrected chi connectivity index (χ3v) is 6.03. The first kappa shape index (κ1) is 17.3. The number of fused-ring (bicyclic) bond motifs is 1. The molecule has 2 saturated heterocycles. The van der Waals surface area contributed by atoms with Gasteiger partial charge in [-0.05, 0) is 30.9 Å². The second kappa shape index (κ2) is 6.78. The lowest BCUT2D eigenvalue weighted by Crippen LogP contribution is -2.45. The number of amides is 1. The van der Waals surface area contributed by atoms with Gasteiger partial charge in [-0.3, -0.25) is 9.78 Å². The van der Waals surface area contributed by atoms with E-state index in [9.17, 15) is 13.2 Å². The molecule has 3 atom stereocenters. The minimum absolute atomic E-state index is 0.0686.